The number of ether oxygens (including phenoxy) is 2. The van der Waals surface area contributed by atoms with Crippen LogP contribution in [0.4, 0.5) is 5.69 Å². The number of benzene rings is 2. The quantitative estimate of drug-likeness (QED) is 0.818. The van der Waals surface area contributed by atoms with Gasteiger partial charge in [-0.25, -0.2) is 0 Å². The molecule has 0 unspecified atom stereocenters. The van der Waals surface area contributed by atoms with E-state index in [-0.39, 0.29) is 30.2 Å². The Bertz CT molecular complexity index is 884. The van der Waals surface area contributed by atoms with Crippen LogP contribution >= 0.6 is 0 Å². The van der Waals surface area contributed by atoms with Crippen LogP contribution < -0.4 is 19.7 Å². The molecule has 2 aliphatic rings. The summed E-state index contributed by atoms with van der Waals surface area (Å²) in [6.45, 7) is 3.42. The summed E-state index contributed by atoms with van der Waals surface area (Å²) < 4.78 is 11.1. The Kier molecular flexibility index (Phi) is 5.69. The van der Waals surface area contributed by atoms with Crippen molar-refractivity contribution in [3.63, 3.8) is 0 Å². The molecule has 4 rings (SSSR count). The second kappa shape index (κ2) is 8.55. The standard InChI is InChI=1S/C23H26N2O4/c1-16(7-8-17-5-3-2-4-6-17)24-23(27)18-13-22(26)25(15-18)19-9-10-20-21(14-19)29-12-11-28-20/h2-6,9-10,14,16,18H,7-8,11-13,15H2,1H3,(H,24,27)/t16-,18+/m1/s1. The van der Waals surface area contributed by atoms with Gasteiger partial charge >= 0.3 is 0 Å². The van der Waals surface area contributed by atoms with E-state index in [1.165, 1.54) is 5.56 Å². The highest BCUT2D eigenvalue weighted by Crippen LogP contribution is 2.36. The van der Waals surface area contributed by atoms with Gasteiger partial charge in [-0.15, -0.1) is 0 Å². The van der Waals surface area contributed by atoms with Crippen molar-refractivity contribution < 1.29 is 19.1 Å². The number of nitrogens with one attached hydrogen (secondary N) is 1. The van der Waals surface area contributed by atoms with Crippen molar-refractivity contribution in [3.8, 4) is 11.5 Å². The van der Waals surface area contributed by atoms with Crippen LogP contribution in [-0.4, -0.2) is 37.6 Å². The fourth-order valence-corrected chi connectivity index (χ4v) is 3.79. The van der Waals surface area contributed by atoms with Gasteiger partial charge in [-0.2, -0.15) is 0 Å². The van der Waals surface area contributed by atoms with Gasteiger partial charge in [0.1, 0.15) is 13.2 Å². The zero-order valence-corrected chi connectivity index (χ0v) is 16.6. The van der Waals surface area contributed by atoms with Crippen LogP contribution in [0.3, 0.4) is 0 Å². The van der Waals surface area contributed by atoms with Crippen LogP contribution in [0.5, 0.6) is 11.5 Å². The number of hydrogen-bond acceptors (Lipinski definition) is 4. The fraction of sp³-hybridized carbons (Fsp3) is 0.391. The zero-order chi connectivity index (χ0) is 20.2. The van der Waals surface area contributed by atoms with Gasteiger partial charge in [0.05, 0.1) is 5.92 Å². The van der Waals surface area contributed by atoms with E-state index in [0.29, 0.717) is 31.3 Å². The maximum absolute atomic E-state index is 12.7. The van der Waals surface area contributed by atoms with Gasteiger partial charge in [-0.05, 0) is 37.5 Å². The molecule has 0 saturated carbocycles. The van der Waals surface area contributed by atoms with Crippen molar-refractivity contribution in [2.75, 3.05) is 24.7 Å². The molecule has 2 atom stereocenters. The first-order valence-corrected chi connectivity index (χ1v) is 10.1. The molecule has 0 bridgehead atoms. The summed E-state index contributed by atoms with van der Waals surface area (Å²) in [5, 5.41) is 3.07. The summed E-state index contributed by atoms with van der Waals surface area (Å²) in [7, 11) is 0. The van der Waals surface area contributed by atoms with E-state index in [0.717, 1.165) is 18.5 Å². The van der Waals surface area contributed by atoms with E-state index >= 15 is 0 Å². The minimum absolute atomic E-state index is 0.0428. The molecule has 0 aromatic heterocycles. The first kappa shape index (κ1) is 19.3. The lowest BCUT2D eigenvalue weighted by Crippen LogP contribution is -2.38. The minimum Gasteiger partial charge on any atom is -0.486 e. The van der Waals surface area contributed by atoms with E-state index in [2.05, 4.69) is 17.4 Å². The molecular formula is C23H26N2O4. The molecule has 0 radical (unpaired) electrons. The van der Waals surface area contributed by atoms with Gasteiger partial charge in [-0.3, -0.25) is 9.59 Å². The number of anilines is 1. The molecular weight excluding hydrogens is 368 g/mol. The lowest BCUT2D eigenvalue weighted by atomic mass is 10.0. The van der Waals surface area contributed by atoms with E-state index < -0.39 is 0 Å². The van der Waals surface area contributed by atoms with Gasteiger partial charge in [0.25, 0.3) is 0 Å². The van der Waals surface area contributed by atoms with Crippen LogP contribution in [-0.2, 0) is 16.0 Å². The molecule has 29 heavy (non-hydrogen) atoms. The third-order valence-electron chi connectivity index (χ3n) is 5.43. The molecule has 6 heteroatoms. The third kappa shape index (κ3) is 4.53. The molecule has 6 nitrogen and oxygen atoms in total. The zero-order valence-electron chi connectivity index (χ0n) is 16.6. The van der Waals surface area contributed by atoms with Crippen LogP contribution in [0, 0.1) is 5.92 Å². The van der Waals surface area contributed by atoms with Crippen molar-refractivity contribution in [2.45, 2.75) is 32.2 Å². The molecule has 2 aliphatic heterocycles. The van der Waals surface area contributed by atoms with Crippen LogP contribution in [0.2, 0.25) is 0 Å². The number of aryl methyl sites for hydroxylation is 1. The molecule has 2 aromatic rings. The number of hydrogen-bond donors (Lipinski definition) is 1. The number of carbonyl (C=O) groups excluding carboxylic acids is 2. The van der Waals surface area contributed by atoms with Gasteiger partial charge in [0.15, 0.2) is 11.5 Å². The Labute approximate surface area is 170 Å². The third-order valence-corrected chi connectivity index (χ3v) is 5.43. The van der Waals surface area contributed by atoms with Crippen LogP contribution in [0.25, 0.3) is 0 Å². The molecule has 0 aliphatic carbocycles. The van der Waals surface area contributed by atoms with Gasteiger partial charge < -0.3 is 19.7 Å². The SMILES string of the molecule is C[C@H](CCc1ccccc1)NC(=O)[C@H]1CC(=O)N(c2ccc3c(c2)OCCO3)C1. The van der Waals surface area contributed by atoms with Crippen molar-refractivity contribution in [3.05, 3.63) is 54.1 Å². The Morgan fingerprint density at radius 3 is 2.69 bits per heavy atom. The van der Waals surface area contributed by atoms with Crippen molar-refractivity contribution in [1.82, 2.24) is 5.32 Å². The van der Waals surface area contributed by atoms with Gasteiger partial charge in [-0.1, -0.05) is 30.3 Å². The first-order chi connectivity index (χ1) is 14.1. The Hall–Kier alpha value is -3.02. The Balaban J connectivity index is 1.33. The highest BCUT2D eigenvalue weighted by atomic mass is 16.6. The largest absolute Gasteiger partial charge is 0.486 e. The number of carbonyl (C=O) groups is 2. The summed E-state index contributed by atoms with van der Waals surface area (Å²) in [5.41, 5.74) is 2.00. The summed E-state index contributed by atoms with van der Waals surface area (Å²) in [4.78, 5) is 26.9. The lowest BCUT2D eigenvalue weighted by molar-refractivity contribution is -0.126. The smallest absolute Gasteiger partial charge is 0.227 e. The average Bonchev–Trinajstić information content (AvgIpc) is 3.14. The molecule has 1 saturated heterocycles. The summed E-state index contributed by atoms with van der Waals surface area (Å²) in [5.74, 6) is 0.893. The van der Waals surface area contributed by atoms with Crippen LogP contribution in [0.15, 0.2) is 48.5 Å². The number of fused-ring (bicyclic) bond motifs is 1. The molecule has 2 heterocycles. The van der Waals surface area contributed by atoms with E-state index in [1.54, 1.807) is 4.90 Å². The maximum Gasteiger partial charge on any atom is 0.227 e. The van der Waals surface area contributed by atoms with E-state index in [4.69, 9.17) is 9.47 Å². The fourth-order valence-electron chi connectivity index (χ4n) is 3.79. The summed E-state index contributed by atoms with van der Waals surface area (Å²) >= 11 is 0. The molecule has 152 valence electrons. The molecule has 2 aromatic carbocycles. The summed E-state index contributed by atoms with van der Waals surface area (Å²) in [6.07, 6.45) is 2.00. The van der Waals surface area contributed by atoms with Crippen LogP contribution in [0.1, 0.15) is 25.3 Å². The summed E-state index contributed by atoms with van der Waals surface area (Å²) in [6, 6.07) is 15.8. The van der Waals surface area contributed by atoms with Gasteiger partial charge in [0, 0.05) is 30.8 Å². The first-order valence-electron chi connectivity index (χ1n) is 10.1. The highest BCUT2D eigenvalue weighted by molar-refractivity contribution is 6.00. The predicted octanol–water partition coefficient (Wildman–Crippen LogP) is 2.95. The maximum atomic E-state index is 12.7. The van der Waals surface area contributed by atoms with E-state index in [1.807, 2.05) is 43.3 Å². The van der Waals surface area contributed by atoms with Crippen molar-refractivity contribution >= 4 is 17.5 Å². The number of amides is 2. The molecule has 2 amide bonds. The molecule has 1 N–H and O–H groups in total. The Morgan fingerprint density at radius 2 is 1.90 bits per heavy atom. The molecule has 0 spiro atoms. The second-order valence-corrected chi connectivity index (χ2v) is 7.67. The van der Waals surface area contributed by atoms with E-state index in [9.17, 15) is 9.59 Å². The van der Waals surface area contributed by atoms with Crippen molar-refractivity contribution in [2.24, 2.45) is 5.92 Å². The Morgan fingerprint density at radius 1 is 1.14 bits per heavy atom. The monoisotopic (exact) mass is 394 g/mol. The number of nitrogens with zero attached hydrogens (tertiary/aromatic N) is 1. The average molecular weight is 394 g/mol. The second-order valence-electron chi connectivity index (χ2n) is 7.67. The topological polar surface area (TPSA) is 67.9 Å². The molecule has 1 fully saturated rings. The normalized spacial score (nSPS) is 19.1. The van der Waals surface area contributed by atoms with Gasteiger partial charge in [0.2, 0.25) is 11.8 Å². The highest BCUT2D eigenvalue weighted by Gasteiger charge is 2.36. The lowest BCUT2D eigenvalue weighted by Gasteiger charge is -2.22. The predicted molar refractivity (Wildman–Crippen MR) is 110 cm³/mol. The van der Waals surface area contributed by atoms with Crippen molar-refractivity contribution in [1.29, 1.82) is 0 Å². The minimum atomic E-state index is -0.338. The number of rotatable bonds is 6.